The molecule has 0 aliphatic heterocycles. The molecule has 2 N–H and O–H groups in total. The number of hydrogen-bond acceptors (Lipinski definition) is 7. The molecule has 29 heavy (non-hydrogen) atoms. The minimum absolute atomic E-state index is 0.222. The van der Waals surface area contributed by atoms with Gasteiger partial charge in [-0.25, -0.2) is 23.8 Å². The molecular weight excluding hydrogens is 421 g/mol. The number of halogens is 2. The maximum absolute atomic E-state index is 11.3. The molecule has 0 radical (unpaired) electrons. The van der Waals surface area contributed by atoms with Gasteiger partial charge in [-0.3, -0.25) is 4.79 Å². The molecule has 1 amide bonds. The van der Waals surface area contributed by atoms with E-state index in [1.54, 1.807) is 38.1 Å². The number of aryl methyl sites for hydroxylation is 2. The van der Waals surface area contributed by atoms with Gasteiger partial charge in [-0.15, -0.1) is 0 Å². The maximum atomic E-state index is 11.3. The van der Waals surface area contributed by atoms with Gasteiger partial charge >= 0.3 is 5.97 Å². The fourth-order valence-electron chi connectivity index (χ4n) is 2.57. The molecule has 4 rings (SSSR count). The monoisotopic (exact) mass is 435 g/mol. The molecule has 0 atom stereocenters. The average molecular weight is 436 g/mol. The Morgan fingerprint density at radius 1 is 0.897 bits per heavy atom. The summed E-state index contributed by atoms with van der Waals surface area (Å²) in [5, 5.41) is 8.70. The summed E-state index contributed by atoms with van der Waals surface area (Å²) in [6.45, 7) is 3.44. The average Bonchev–Trinajstić information content (AvgIpc) is 3.19. The molecule has 150 valence electrons. The third kappa shape index (κ3) is 3.98. The normalized spacial score (nSPS) is 10.7. The fraction of sp³-hybridized carbons (Fsp3) is 0.176. The van der Waals surface area contributed by atoms with Crippen LogP contribution in [-0.4, -0.2) is 48.2 Å². The Bertz CT molecular complexity index is 1250. The number of nitrogens with zero attached hydrogens (tertiary/aromatic N) is 6. The highest BCUT2D eigenvalue weighted by molar-refractivity contribution is 6.29. The zero-order chi connectivity index (χ0) is 21.3. The largest absolute Gasteiger partial charge is 0.464 e. The number of imidazole rings is 2. The summed E-state index contributed by atoms with van der Waals surface area (Å²) in [6.07, 6.45) is 0. The molecule has 4 aromatic heterocycles. The van der Waals surface area contributed by atoms with E-state index >= 15 is 0 Å². The van der Waals surface area contributed by atoms with E-state index in [0.717, 1.165) is 0 Å². The first-order valence-electron chi connectivity index (χ1n) is 8.14. The Morgan fingerprint density at radius 3 is 1.79 bits per heavy atom. The second-order valence-corrected chi connectivity index (χ2v) is 6.57. The van der Waals surface area contributed by atoms with E-state index in [4.69, 9.17) is 28.9 Å². The number of primary amides is 1. The molecule has 0 aromatic carbocycles. The molecular formula is C17H15Cl2N7O3. The quantitative estimate of drug-likeness (QED) is 0.477. The van der Waals surface area contributed by atoms with Crippen LogP contribution in [0.4, 0.5) is 0 Å². The van der Waals surface area contributed by atoms with Gasteiger partial charge in [-0.2, -0.15) is 10.2 Å². The van der Waals surface area contributed by atoms with Crippen LogP contribution < -0.4 is 5.73 Å². The number of fused-ring (bicyclic) bond motifs is 2. The van der Waals surface area contributed by atoms with Gasteiger partial charge in [0.05, 0.1) is 18.5 Å². The van der Waals surface area contributed by atoms with Crippen molar-refractivity contribution in [3.63, 3.8) is 0 Å². The first kappa shape index (κ1) is 20.5. The number of carbonyl (C=O) groups is 2. The summed E-state index contributed by atoms with van der Waals surface area (Å²) < 4.78 is 7.60. The first-order chi connectivity index (χ1) is 13.7. The van der Waals surface area contributed by atoms with Crippen molar-refractivity contribution in [1.29, 1.82) is 0 Å². The summed E-state index contributed by atoms with van der Waals surface area (Å²) >= 11 is 11.4. The highest BCUT2D eigenvalue weighted by Crippen LogP contribution is 2.14. The molecule has 0 fully saturated rings. The molecule has 4 heterocycles. The third-order valence-electron chi connectivity index (χ3n) is 3.95. The minimum atomic E-state index is -0.566. The van der Waals surface area contributed by atoms with Crippen LogP contribution in [0.5, 0.6) is 0 Å². The number of amides is 1. The lowest BCUT2D eigenvalue weighted by Crippen LogP contribution is -2.13. The van der Waals surface area contributed by atoms with Crippen LogP contribution in [0.2, 0.25) is 10.3 Å². The topological polar surface area (TPSA) is 130 Å². The van der Waals surface area contributed by atoms with Crippen LogP contribution in [0.1, 0.15) is 32.4 Å². The van der Waals surface area contributed by atoms with Gasteiger partial charge in [-0.1, -0.05) is 23.2 Å². The Balaban J connectivity index is 0.000000166. The molecule has 0 aliphatic rings. The number of esters is 1. The standard InChI is InChI=1S/C9H8ClN3O2.C8H7ClN4O/c1-5-8(9(14)15-2)11-7-4-3-6(10)12-13(5)7;1-4-7(8(10)14)11-6-3-2-5(9)12-13(4)6/h3-4H,1-2H3;2-3H,1H3,(H2,10,14). The van der Waals surface area contributed by atoms with Gasteiger partial charge in [0.1, 0.15) is 10.3 Å². The number of ether oxygens (including phenoxy) is 1. The van der Waals surface area contributed by atoms with Crippen molar-refractivity contribution >= 4 is 46.4 Å². The van der Waals surface area contributed by atoms with Gasteiger partial charge in [-0.05, 0) is 38.1 Å². The van der Waals surface area contributed by atoms with Gasteiger partial charge in [0.25, 0.3) is 5.91 Å². The Labute approximate surface area is 174 Å². The summed E-state index contributed by atoms with van der Waals surface area (Å²) in [5.41, 5.74) is 7.95. The predicted molar refractivity (Wildman–Crippen MR) is 105 cm³/mol. The zero-order valence-corrected chi connectivity index (χ0v) is 17.1. The van der Waals surface area contributed by atoms with Gasteiger partial charge in [0.2, 0.25) is 0 Å². The minimum Gasteiger partial charge on any atom is -0.464 e. The summed E-state index contributed by atoms with van der Waals surface area (Å²) in [6, 6.07) is 6.59. The van der Waals surface area contributed by atoms with Crippen LogP contribution in [0.25, 0.3) is 11.3 Å². The Morgan fingerprint density at radius 2 is 1.34 bits per heavy atom. The van der Waals surface area contributed by atoms with Crippen molar-refractivity contribution in [3.05, 3.63) is 57.3 Å². The van der Waals surface area contributed by atoms with Crippen molar-refractivity contribution in [2.45, 2.75) is 13.8 Å². The molecule has 0 unspecified atom stereocenters. The van der Waals surface area contributed by atoms with Crippen LogP contribution in [0.15, 0.2) is 24.3 Å². The number of hydrogen-bond donors (Lipinski definition) is 1. The smallest absolute Gasteiger partial charge is 0.358 e. The molecule has 0 spiro atoms. The molecule has 0 saturated heterocycles. The molecule has 12 heteroatoms. The van der Waals surface area contributed by atoms with Crippen LogP contribution in [0.3, 0.4) is 0 Å². The SMILES string of the molecule is COC(=O)c1nc2ccc(Cl)nn2c1C.Cc1c(C(N)=O)nc2ccc(Cl)nn12. The van der Waals surface area contributed by atoms with Gasteiger partial charge in [0.15, 0.2) is 22.7 Å². The number of rotatable bonds is 2. The highest BCUT2D eigenvalue weighted by Gasteiger charge is 2.17. The second kappa shape index (κ2) is 8.02. The van der Waals surface area contributed by atoms with E-state index in [2.05, 4.69) is 24.9 Å². The van der Waals surface area contributed by atoms with E-state index in [1.165, 1.54) is 16.1 Å². The predicted octanol–water partition coefficient (Wildman–Crippen LogP) is 2.27. The summed E-state index contributed by atoms with van der Waals surface area (Å²) in [5.74, 6) is -1.04. The molecule has 0 saturated carbocycles. The Hall–Kier alpha value is -3.24. The lowest BCUT2D eigenvalue weighted by Gasteiger charge is -1.96. The lowest BCUT2D eigenvalue weighted by molar-refractivity contribution is 0.0593. The number of methoxy groups -OCH3 is 1. The van der Waals surface area contributed by atoms with Gasteiger partial charge < -0.3 is 10.5 Å². The van der Waals surface area contributed by atoms with Crippen molar-refractivity contribution in [2.75, 3.05) is 7.11 Å². The second-order valence-electron chi connectivity index (χ2n) is 5.80. The number of nitrogens with two attached hydrogens (primary N) is 1. The van der Waals surface area contributed by atoms with Crippen molar-refractivity contribution in [3.8, 4) is 0 Å². The molecule has 0 bridgehead atoms. The lowest BCUT2D eigenvalue weighted by atomic mass is 10.3. The molecule has 4 aromatic rings. The number of aromatic nitrogens is 6. The zero-order valence-electron chi connectivity index (χ0n) is 15.6. The van der Waals surface area contributed by atoms with Crippen LogP contribution in [0, 0.1) is 13.8 Å². The third-order valence-corrected chi connectivity index (χ3v) is 4.35. The maximum Gasteiger partial charge on any atom is 0.358 e. The Kier molecular flexibility index (Phi) is 5.66. The summed E-state index contributed by atoms with van der Waals surface area (Å²) in [4.78, 5) is 30.4. The van der Waals surface area contributed by atoms with Crippen molar-refractivity contribution < 1.29 is 14.3 Å². The highest BCUT2D eigenvalue weighted by atomic mass is 35.5. The van der Waals surface area contributed by atoms with Gasteiger partial charge in [0, 0.05) is 0 Å². The van der Waals surface area contributed by atoms with E-state index in [9.17, 15) is 9.59 Å². The first-order valence-corrected chi connectivity index (χ1v) is 8.90. The molecule has 10 nitrogen and oxygen atoms in total. The van der Waals surface area contributed by atoms with E-state index in [0.29, 0.717) is 33.0 Å². The van der Waals surface area contributed by atoms with Crippen LogP contribution >= 0.6 is 23.2 Å². The van der Waals surface area contributed by atoms with E-state index in [-0.39, 0.29) is 11.4 Å². The van der Waals surface area contributed by atoms with E-state index in [1.807, 2.05) is 0 Å². The molecule has 0 aliphatic carbocycles. The number of carbonyl (C=O) groups excluding carboxylic acids is 2. The van der Waals surface area contributed by atoms with Crippen molar-refractivity contribution in [1.82, 2.24) is 29.2 Å². The van der Waals surface area contributed by atoms with E-state index < -0.39 is 11.9 Å². The summed E-state index contributed by atoms with van der Waals surface area (Å²) in [7, 11) is 1.31. The van der Waals surface area contributed by atoms with Crippen LogP contribution in [-0.2, 0) is 4.74 Å². The fourth-order valence-corrected chi connectivity index (χ4v) is 2.84. The van der Waals surface area contributed by atoms with Crippen molar-refractivity contribution in [2.24, 2.45) is 5.73 Å².